The molecule has 0 aliphatic rings. The lowest BCUT2D eigenvalue weighted by atomic mass is 9.97. The second kappa shape index (κ2) is 12.0. The van der Waals surface area contributed by atoms with Crippen molar-refractivity contribution in [2.75, 3.05) is 18.5 Å². The number of pyridine rings is 2. The lowest BCUT2D eigenvalue weighted by Crippen LogP contribution is -2.35. The molecule has 0 saturated carbocycles. The molecule has 0 spiro atoms. The first-order chi connectivity index (χ1) is 18.0. The Balaban J connectivity index is 2.31. The van der Waals surface area contributed by atoms with Crippen LogP contribution in [-0.2, 0) is 15.7 Å². The lowest BCUT2D eigenvalue weighted by molar-refractivity contribution is -0.140. The Hall–Kier alpha value is -4.07. The summed E-state index contributed by atoms with van der Waals surface area (Å²) in [6.45, 7) is 6.65. The Bertz CT molecular complexity index is 1340. The van der Waals surface area contributed by atoms with E-state index < -0.39 is 29.8 Å². The Morgan fingerprint density at radius 2 is 1.74 bits per heavy atom. The number of carbonyl (C=O) groups excluding carboxylic acids is 3. The van der Waals surface area contributed by atoms with Crippen LogP contribution in [0, 0.1) is 0 Å². The number of esters is 2. The van der Waals surface area contributed by atoms with Crippen LogP contribution in [0.4, 0.5) is 23.8 Å². The highest BCUT2D eigenvalue weighted by atomic mass is 32.1. The molecular weight excluding hydrogens is 527 g/mol. The molecule has 2 amide bonds. The summed E-state index contributed by atoms with van der Waals surface area (Å²) in [6.07, 6.45) is -0.896. The zero-order valence-electron chi connectivity index (χ0n) is 20.8. The summed E-state index contributed by atoms with van der Waals surface area (Å²) in [6, 6.07) is 0.444. The maximum atomic E-state index is 13.4. The van der Waals surface area contributed by atoms with Gasteiger partial charge < -0.3 is 14.8 Å². The molecular formula is C24H24F3N5O5S. The summed E-state index contributed by atoms with van der Waals surface area (Å²) in [5, 5.41) is 5.66. The van der Waals surface area contributed by atoms with Crippen molar-refractivity contribution in [1.29, 1.82) is 0 Å². The molecule has 0 saturated heterocycles. The minimum absolute atomic E-state index is 0.0638. The van der Waals surface area contributed by atoms with Gasteiger partial charge in [-0.05, 0) is 33.8 Å². The first-order valence-corrected chi connectivity index (χ1v) is 12.3. The number of amides is 2. The van der Waals surface area contributed by atoms with Crippen molar-refractivity contribution in [2.24, 2.45) is 0 Å². The third-order valence-electron chi connectivity index (χ3n) is 4.78. The van der Waals surface area contributed by atoms with E-state index >= 15 is 0 Å². The highest BCUT2D eigenvalue weighted by Gasteiger charge is 2.35. The molecule has 0 bridgehead atoms. The van der Waals surface area contributed by atoms with Crippen LogP contribution in [0.2, 0.25) is 0 Å². The molecule has 3 heterocycles. The maximum absolute atomic E-state index is 13.4. The van der Waals surface area contributed by atoms with Gasteiger partial charge >= 0.3 is 24.1 Å². The number of anilines is 1. The highest BCUT2D eigenvalue weighted by molar-refractivity contribution is 7.13. The van der Waals surface area contributed by atoms with E-state index in [1.54, 1.807) is 27.7 Å². The average Bonchev–Trinajstić information content (AvgIpc) is 3.34. The molecule has 3 aromatic rings. The quantitative estimate of drug-likeness (QED) is 0.367. The minimum atomic E-state index is -4.74. The van der Waals surface area contributed by atoms with Gasteiger partial charge in [0, 0.05) is 46.7 Å². The van der Waals surface area contributed by atoms with E-state index in [1.165, 1.54) is 24.7 Å². The van der Waals surface area contributed by atoms with Crippen LogP contribution in [-0.4, -0.2) is 52.2 Å². The van der Waals surface area contributed by atoms with E-state index in [-0.39, 0.29) is 57.9 Å². The summed E-state index contributed by atoms with van der Waals surface area (Å²) in [4.78, 5) is 49.8. The lowest BCUT2D eigenvalue weighted by Gasteiger charge is -2.17. The fourth-order valence-corrected chi connectivity index (χ4v) is 4.18. The SMILES string of the molecule is CCOC(=O)c1cncc(-c2cnc(NC(=O)NC(C)C)c(C(=O)OCC)c2-c2nc(C(F)(F)F)cs2)c1. The summed E-state index contributed by atoms with van der Waals surface area (Å²) >= 11 is 0.638. The topological polar surface area (TPSA) is 132 Å². The highest BCUT2D eigenvalue weighted by Crippen LogP contribution is 2.41. The van der Waals surface area contributed by atoms with E-state index in [0.717, 1.165) is 5.38 Å². The van der Waals surface area contributed by atoms with Crippen molar-refractivity contribution in [1.82, 2.24) is 20.3 Å². The summed E-state index contributed by atoms with van der Waals surface area (Å²) in [7, 11) is 0. The Morgan fingerprint density at radius 3 is 2.34 bits per heavy atom. The predicted molar refractivity (Wildman–Crippen MR) is 133 cm³/mol. The van der Waals surface area contributed by atoms with Crippen molar-refractivity contribution >= 4 is 35.1 Å². The number of urea groups is 1. The van der Waals surface area contributed by atoms with Crippen LogP contribution in [0.1, 0.15) is 54.1 Å². The molecule has 0 atom stereocenters. The first-order valence-electron chi connectivity index (χ1n) is 11.4. The molecule has 0 radical (unpaired) electrons. The van der Waals surface area contributed by atoms with Gasteiger partial charge in [0.25, 0.3) is 0 Å². The van der Waals surface area contributed by atoms with E-state index in [9.17, 15) is 27.6 Å². The van der Waals surface area contributed by atoms with Gasteiger partial charge in [-0.15, -0.1) is 11.3 Å². The molecule has 0 aromatic carbocycles. The molecule has 0 fully saturated rings. The van der Waals surface area contributed by atoms with E-state index in [4.69, 9.17) is 9.47 Å². The van der Waals surface area contributed by atoms with Crippen LogP contribution >= 0.6 is 11.3 Å². The van der Waals surface area contributed by atoms with Crippen molar-refractivity contribution < 1.29 is 37.0 Å². The van der Waals surface area contributed by atoms with Crippen molar-refractivity contribution in [3.05, 3.63) is 46.9 Å². The van der Waals surface area contributed by atoms with Crippen LogP contribution in [0.5, 0.6) is 0 Å². The van der Waals surface area contributed by atoms with Crippen molar-refractivity contribution in [3.63, 3.8) is 0 Å². The molecule has 0 aliphatic carbocycles. The van der Waals surface area contributed by atoms with Gasteiger partial charge in [0.05, 0.1) is 18.8 Å². The number of alkyl halides is 3. The summed E-state index contributed by atoms with van der Waals surface area (Å²) in [5.74, 6) is -1.87. The zero-order valence-corrected chi connectivity index (χ0v) is 21.6. The molecule has 3 aromatic heterocycles. The van der Waals surface area contributed by atoms with Crippen LogP contribution < -0.4 is 10.6 Å². The zero-order chi connectivity index (χ0) is 28.0. The maximum Gasteiger partial charge on any atom is 0.434 e. The summed E-state index contributed by atoms with van der Waals surface area (Å²) in [5.41, 5.74) is -1.12. The summed E-state index contributed by atoms with van der Waals surface area (Å²) < 4.78 is 50.4. The number of ether oxygens (including phenoxy) is 2. The van der Waals surface area contributed by atoms with Gasteiger partial charge in [0.1, 0.15) is 16.4 Å². The van der Waals surface area contributed by atoms with Gasteiger partial charge in [0.15, 0.2) is 5.69 Å². The number of nitrogens with one attached hydrogen (secondary N) is 2. The van der Waals surface area contributed by atoms with E-state index in [2.05, 4.69) is 25.6 Å². The number of hydrogen-bond donors (Lipinski definition) is 2. The third-order valence-corrected chi connectivity index (χ3v) is 5.64. The minimum Gasteiger partial charge on any atom is -0.462 e. The second-order valence-electron chi connectivity index (χ2n) is 7.96. The predicted octanol–water partition coefficient (Wildman–Crippen LogP) is 5.17. The average molecular weight is 552 g/mol. The van der Waals surface area contributed by atoms with E-state index in [0.29, 0.717) is 11.3 Å². The van der Waals surface area contributed by atoms with E-state index in [1.807, 2.05) is 0 Å². The largest absolute Gasteiger partial charge is 0.462 e. The normalized spacial score (nSPS) is 11.3. The van der Waals surface area contributed by atoms with Crippen molar-refractivity contribution in [3.8, 4) is 21.7 Å². The Labute approximate surface area is 219 Å². The molecule has 14 heteroatoms. The molecule has 3 rings (SSSR count). The van der Waals surface area contributed by atoms with Gasteiger partial charge in [0.2, 0.25) is 0 Å². The molecule has 0 unspecified atom stereocenters. The van der Waals surface area contributed by atoms with Gasteiger partial charge in [-0.3, -0.25) is 10.3 Å². The smallest absolute Gasteiger partial charge is 0.434 e. The molecule has 2 N–H and O–H groups in total. The molecule has 38 heavy (non-hydrogen) atoms. The number of carbonyl (C=O) groups is 3. The van der Waals surface area contributed by atoms with Gasteiger partial charge in [-0.25, -0.2) is 24.4 Å². The van der Waals surface area contributed by atoms with Crippen molar-refractivity contribution in [2.45, 2.75) is 39.9 Å². The first kappa shape index (κ1) is 28.5. The number of nitrogens with zero attached hydrogens (tertiary/aromatic N) is 3. The van der Waals surface area contributed by atoms with Gasteiger partial charge in [-0.2, -0.15) is 13.2 Å². The van der Waals surface area contributed by atoms with Crippen LogP contribution in [0.3, 0.4) is 0 Å². The molecule has 202 valence electrons. The third kappa shape index (κ3) is 6.62. The van der Waals surface area contributed by atoms with Crippen LogP contribution in [0.15, 0.2) is 30.0 Å². The number of rotatable bonds is 8. The van der Waals surface area contributed by atoms with Crippen LogP contribution in [0.25, 0.3) is 21.7 Å². The number of thiazole rings is 1. The standard InChI is InChI=1S/C24H24F3N5O5S/c1-5-36-21(33)14-7-13(8-28-9-14)15-10-29-19(32-23(35)30-12(3)4)18(22(34)37-6-2)17(15)20-31-16(11-38-20)24(25,26)27/h7-12H,5-6H2,1-4H3,(H2,29,30,32,35). The fraction of sp³-hybridized carbons (Fsp3) is 0.333. The Morgan fingerprint density at radius 1 is 1.05 bits per heavy atom. The second-order valence-corrected chi connectivity index (χ2v) is 8.82. The number of halogens is 3. The monoisotopic (exact) mass is 551 g/mol. The molecule has 10 nitrogen and oxygen atoms in total. The number of hydrogen-bond acceptors (Lipinski definition) is 9. The van der Waals surface area contributed by atoms with Gasteiger partial charge in [-0.1, -0.05) is 0 Å². The Kier molecular flexibility index (Phi) is 8.99. The fourth-order valence-electron chi connectivity index (χ4n) is 3.29. The molecule has 0 aliphatic heterocycles. The number of aromatic nitrogens is 3.